The summed E-state index contributed by atoms with van der Waals surface area (Å²) in [6.45, 7) is 2.49. The van der Waals surface area contributed by atoms with Gasteiger partial charge in [-0.15, -0.1) is 0 Å². The van der Waals surface area contributed by atoms with Crippen molar-refractivity contribution in [2.45, 2.75) is 25.8 Å². The van der Waals surface area contributed by atoms with Gasteiger partial charge in [-0.1, -0.05) is 0 Å². The van der Waals surface area contributed by atoms with Crippen LogP contribution in [0, 0.1) is 5.92 Å². The fourth-order valence-electron chi connectivity index (χ4n) is 2.63. The molecule has 5 heteroatoms. The fraction of sp³-hybridized carbons (Fsp3) is 0.562. The normalized spacial score (nSPS) is 15.5. The Bertz CT molecular complexity index is 471. The molecule has 0 unspecified atom stereocenters. The van der Waals surface area contributed by atoms with Crippen molar-refractivity contribution in [3.8, 4) is 11.5 Å². The standard InChI is InChI=1S/C16H24N2O3/c1-20-14-3-4-15(21-2)13(10-14)11-18-16(19)9-12-5-7-17-8-6-12/h3-4,10,12,17H,5-9,11H2,1-2H3,(H,18,19). The van der Waals surface area contributed by atoms with Gasteiger partial charge < -0.3 is 20.1 Å². The second-order valence-electron chi connectivity index (χ2n) is 5.35. The van der Waals surface area contributed by atoms with Crippen LogP contribution in [-0.2, 0) is 11.3 Å². The average Bonchev–Trinajstić information content (AvgIpc) is 2.53. The molecular weight excluding hydrogens is 268 g/mol. The number of amides is 1. The minimum absolute atomic E-state index is 0.103. The molecule has 5 nitrogen and oxygen atoms in total. The second kappa shape index (κ2) is 7.88. The van der Waals surface area contributed by atoms with E-state index < -0.39 is 0 Å². The number of ether oxygens (including phenoxy) is 2. The minimum Gasteiger partial charge on any atom is -0.497 e. The third kappa shape index (κ3) is 4.63. The van der Waals surface area contributed by atoms with Gasteiger partial charge in [0.05, 0.1) is 14.2 Å². The zero-order chi connectivity index (χ0) is 15.1. The van der Waals surface area contributed by atoms with Crippen molar-refractivity contribution >= 4 is 5.91 Å². The molecule has 0 aliphatic carbocycles. The number of hydrogen-bond donors (Lipinski definition) is 2. The van der Waals surface area contributed by atoms with E-state index in [0.717, 1.165) is 43.0 Å². The first kappa shape index (κ1) is 15.6. The van der Waals surface area contributed by atoms with Crippen LogP contribution in [0.5, 0.6) is 11.5 Å². The number of nitrogens with one attached hydrogen (secondary N) is 2. The summed E-state index contributed by atoms with van der Waals surface area (Å²) in [6, 6.07) is 5.59. The Hall–Kier alpha value is -1.75. The molecule has 1 aromatic rings. The van der Waals surface area contributed by atoms with Crippen molar-refractivity contribution < 1.29 is 14.3 Å². The van der Waals surface area contributed by atoms with E-state index in [0.29, 0.717) is 18.9 Å². The maximum atomic E-state index is 12.0. The van der Waals surface area contributed by atoms with E-state index in [2.05, 4.69) is 10.6 Å². The molecule has 1 saturated heterocycles. The van der Waals surface area contributed by atoms with Crippen LogP contribution in [0.4, 0.5) is 0 Å². The van der Waals surface area contributed by atoms with Gasteiger partial charge in [0.25, 0.3) is 0 Å². The van der Waals surface area contributed by atoms with Crippen molar-refractivity contribution in [3.05, 3.63) is 23.8 Å². The third-order valence-corrected chi connectivity index (χ3v) is 3.90. The lowest BCUT2D eigenvalue weighted by Gasteiger charge is -2.22. The summed E-state index contributed by atoms with van der Waals surface area (Å²) in [4.78, 5) is 12.0. The maximum Gasteiger partial charge on any atom is 0.220 e. The largest absolute Gasteiger partial charge is 0.497 e. The quantitative estimate of drug-likeness (QED) is 0.838. The lowest BCUT2D eigenvalue weighted by molar-refractivity contribution is -0.122. The highest BCUT2D eigenvalue weighted by molar-refractivity contribution is 5.76. The molecule has 0 saturated carbocycles. The number of hydrogen-bond acceptors (Lipinski definition) is 4. The minimum atomic E-state index is 0.103. The Morgan fingerprint density at radius 1 is 1.29 bits per heavy atom. The predicted molar refractivity (Wildman–Crippen MR) is 81.6 cm³/mol. The number of piperidine rings is 1. The molecule has 1 fully saturated rings. The Labute approximate surface area is 126 Å². The van der Waals surface area contributed by atoms with Crippen LogP contribution >= 0.6 is 0 Å². The number of benzene rings is 1. The van der Waals surface area contributed by atoms with Crippen LogP contribution in [-0.4, -0.2) is 33.2 Å². The Morgan fingerprint density at radius 3 is 2.71 bits per heavy atom. The average molecular weight is 292 g/mol. The van der Waals surface area contributed by atoms with Gasteiger partial charge in [-0.05, 0) is 50.0 Å². The van der Waals surface area contributed by atoms with Gasteiger partial charge in [-0.25, -0.2) is 0 Å². The number of methoxy groups -OCH3 is 2. The van der Waals surface area contributed by atoms with Crippen molar-refractivity contribution in [3.63, 3.8) is 0 Å². The SMILES string of the molecule is COc1ccc(OC)c(CNC(=O)CC2CCNCC2)c1. The van der Waals surface area contributed by atoms with Gasteiger partial charge >= 0.3 is 0 Å². The van der Waals surface area contributed by atoms with Crippen LogP contribution in [0.15, 0.2) is 18.2 Å². The van der Waals surface area contributed by atoms with Crippen LogP contribution in [0.2, 0.25) is 0 Å². The zero-order valence-electron chi connectivity index (χ0n) is 12.8. The summed E-state index contributed by atoms with van der Waals surface area (Å²) in [6.07, 6.45) is 2.76. The van der Waals surface area contributed by atoms with Crippen molar-refractivity contribution in [2.75, 3.05) is 27.3 Å². The topological polar surface area (TPSA) is 59.6 Å². The van der Waals surface area contributed by atoms with Crippen LogP contribution in [0.1, 0.15) is 24.8 Å². The molecule has 1 amide bonds. The number of carbonyl (C=O) groups is 1. The molecule has 1 heterocycles. The highest BCUT2D eigenvalue weighted by atomic mass is 16.5. The first-order valence-electron chi connectivity index (χ1n) is 7.41. The number of carbonyl (C=O) groups excluding carboxylic acids is 1. The Morgan fingerprint density at radius 2 is 2.05 bits per heavy atom. The molecule has 2 rings (SSSR count). The van der Waals surface area contributed by atoms with E-state index in [-0.39, 0.29) is 5.91 Å². The molecule has 0 bridgehead atoms. The zero-order valence-corrected chi connectivity index (χ0v) is 12.8. The van der Waals surface area contributed by atoms with E-state index in [1.54, 1.807) is 14.2 Å². The second-order valence-corrected chi connectivity index (χ2v) is 5.35. The van der Waals surface area contributed by atoms with Gasteiger partial charge in [0.2, 0.25) is 5.91 Å². The summed E-state index contributed by atoms with van der Waals surface area (Å²) in [5.41, 5.74) is 0.926. The molecule has 116 valence electrons. The molecule has 0 atom stereocenters. The summed E-state index contributed by atoms with van der Waals surface area (Å²) >= 11 is 0. The molecule has 1 aromatic carbocycles. The van der Waals surface area contributed by atoms with E-state index in [1.807, 2.05) is 18.2 Å². The summed E-state index contributed by atoms with van der Waals surface area (Å²) < 4.78 is 10.5. The molecule has 0 spiro atoms. The lowest BCUT2D eigenvalue weighted by atomic mass is 9.94. The fourth-order valence-corrected chi connectivity index (χ4v) is 2.63. The van der Waals surface area contributed by atoms with Crippen LogP contribution < -0.4 is 20.1 Å². The summed E-state index contributed by atoms with van der Waals surface area (Å²) in [5, 5.41) is 6.29. The molecule has 1 aliphatic rings. The predicted octanol–water partition coefficient (Wildman–Crippen LogP) is 1.71. The highest BCUT2D eigenvalue weighted by Gasteiger charge is 2.16. The van der Waals surface area contributed by atoms with Gasteiger partial charge in [-0.3, -0.25) is 4.79 Å². The van der Waals surface area contributed by atoms with Crippen molar-refractivity contribution in [1.82, 2.24) is 10.6 Å². The molecular formula is C16H24N2O3. The molecule has 0 radical (unpaired) electrons. The summed E-state index contributed by atoms with van der Waals surface area (Å²) in [5.74, 6) is 2.13. The number of rotatable bonds is 6. The van der Waals surface area contributed by atoms with Crippen molar-refractivity contribution in [2.24, 2.45) is 5.92 Å². The van der Waals surface area contributed by atoms with E-state index >= 15 is 0 Å². The van der Waals surface area contributed by atoms with E-state index in [9.17, 15) is 4.79 Å². The first-order valence-corrected chi connectivity index (χ1v) is 7.41. The van der Waals surface area contributed by atoms with Gasteiger partial charge in [0.1, 0.15) is 11.5 Å². The molecule has 1 aliphatic heterocycles. The third-order valence-electron chi connectivity index (χ3n) is 3.90. The molecule has 0 aromatic heterocycles. The molecule has 2 N–H and O–H groups in total. The molecule has 21 heavy (non-hydrogen) atoms. The van der Waals surface area contributed by atoms with Gasteiger partial charge in [0.15, 0.2) is 0 Å². The Kier molecular flexibility index (Phi) is 5.87. The van der Waals surface area contributed by atoms with Crippen molar-refractivity contribution in [1.29, 1.82) is 0 Å². The van der Waals surface area contributed by atoms with E-state index in [1.165, 1.54) is 0 Å². The monoisotopic (exact) mass is 292 g/mol. The first-order chi connectivity index (χ1) is 10.2. The van der Waals surface area contributed by atoms with Crippen LogP contribution in [0.25, 0.3) is 0 Å². The van der Waals surface area contributed by atoms with Gasteiger partial charge in [-0.2, -0.15) is 0 Å². The Balaban J connectivity index is 1.87. The van der Waals surface area contributed by atoms with Gasteiger partial charge in [0, 0.05) is 18.5 Å². The lowest BCUT2D eigenvalue weighted by Crippen LogP contribution is -2.32. The smallest absolute Gasteiger partial charge is 0.220 e. The van der Waals surface area contributed by atoms with Crippen LogP contribution in [0.3, 0.4) is 0 Å². The highest BCUT2D eigenvalue weighted by Crippen LogP contribution is 2.24. The summed E-state index contributed by atoms with van der Waals surface area (Å²) in [7, 11) is 3.25. The maximum absolute atomic E-state index is 12.0. The van der Waals surface area contributed by atoms with E-state index in [4.69, 9.17) is 9.47 Å².